The molecular weight excluding hydrogens is 258 g/mol. The summed E-state index contributed by atoms with van der Waals surface area (Å²) in [6, 6.07) is 5.37. The van der Waals surface area contributed by atoms with E-state index in [0.717, 1.165) is 0 Å². The second kappa shape index (κ2) is 4.58. The van der Waals surface area contributed by atoms with Gasteiger partial charge in [-0.15, -0.1) is 0 Å². The summed E-state index contributed by atoms with van der Waals surface area (Å²) in [7, 11) is 1.59. The van der Waals surface area contributed by atoms with Gasteiger partial charge in [0.25, 0.3) is 5.69 Å². The Kier molecular flexibility index (Phi) is 3.12. The van der Waals surface area contributed by atoms with Crippen LogP contribution >= 0.6 is 11.6 Å². The summed E-state index contributed by atoms with van der Waals surface area (Å²) in [4.78, 5) is 22.5. The van der Waals surface area contributed by atoms with Crippen LogP contribution in [0.15, 0.2) is 30.5 Å². The molecule has 6 nitrogen and oxygen atoms in total. The zero-order valence-electron chi connectivity index (χ0n) is 9.33. The predicted molar refractivity (Wildman–Crippen MR) is 64.7 cm³/mol. The maximum absolute atomic E-state index is 12.2. The quantitative estimate of drug-likeness (QED) is 0.484. The summed E-state index contributed by atoms with van der Waals surface area (Å²) in [6.07, 6.45) is 1.45. The van der Waals surface area contributed by atoms with Gasteiger partial charge in [0.15, 0.2) is 0 Å². The van der Waals surface area contributed by atoms with Gasteiger partial charge in [-0.25, -0.2) is 0 Å². The van der Waals surface area contributed by atoms with Gasteiger partial charge in [0.1, 0.15) is 11.3 Å². The smallest absolute Gasteiger partial charge is 0.280 e. The first-order chi connectivity index (χ1) is 8.50. The van der Waals surface area contributed by atoms with E-state index in [2.05, 4.69) is 5.10 Å². The van der Waals surface area contributed by atoms with E-state index in [0.29, 0.717) is 0 Å². The fraction of sp³-hybridized carbons (Fsp3) is 0.0909. The molecule has 0 saturated heterocycles. The Hall–Kier alpha value is -2.21. The van der Waals surface area contributed by atoms with Crippen molar-refractivity contribution in [2.75, 3.05) is 0 Å². The van der Waals surface area contributed by atoms with Crippen molar-refractivity contribution in [2.24, 2.45) is 7.05 Å². The third kappa shape index (κ3) is 2.10. The first-order valence-electron chi connectivity index (χ1n) is 4.97. The molecule has 2 aromatic rings. The van der Waals surface area contributed by atoms with Gasteiger partial charge in [-0.3, -0.25) is 19.6 Å². The van der Waals surface area contributed by atoms with Gasteiger partial charge in [-0.05, 0) is 18.2 Å². The fourth-order valence-electron chi connectivity index (χ4n) is 1.58. The fourth-order valence-corrected chi connectivity index (χ4v) is 1.76. The number of hydrogen-bond acceptors (Lipinski definition) is 4. The molecule has 0 unspecified atom stereocenters. The molecule has 1 heterocycles. The van der Waals surface area contributed by atoms with E-state index in [4.69, 9.17) is 11.6 Å². The molecular formula is C11H8ClN3O3. The van der Waals surface area contributed by atoms with Crippen LogP contribution < -0.4 is 0 Å². The van der Waals surface area contributed by atoms with E-state index in [9.17, 15) is 14.9 Å². The van der Waals surface area contributed by atoms with E-state index < -0.39 is 10.7 Å². The van der Waals surface area contributed by atoms with E-state index in [1.54, 1.807) is 7.05 Å². The molecule has 0 radical (unpaired) electrons. The van der Waals surface area contributed by atoms with Crippen molar-refractivity contribution in [1.82, 2.24) is 9.78 Å². The molecule has 0 N–H and O–H groups in total. The third-order valence-corrected chi connectivity index (χ3v) is 2.69. The molecule has 0 fully saturated rings. The standard InChI is InChI=1S/C11H8ClN3O3/c1-14-10(4-5-13-14)11(16)8-6-7(12)2-3-9(8)15(17)18/h2-6H,1H3. The first-order valence-corrected chi connectivity index (χ1v) is 5.35. The minimum atomic E-state index is -0.611. The van der Waals surface area contributed by atoms with E-state index >= 15 is 0 Å². The minimum absolute atomic E-state index is 0.0453. The number of carbonyl (C=O) groups excluding carboxylic acids is 1. The van der Waals surface area contributed by atoms with Crippen molar-refractivity contribution in [3.63, 3.8) is 0 Å². The molecule has 0 atom stereocenters. The van der Waals surface area contributed by atoms with Crippen molar-refractivity contribution in [3.8, 4) is 0 Å². The number of nitro groups is 1. The second-order valence-corrected chi connectivity index (χ2v) is 4.02. The van der Waals surface area contributed by atoms with Crippen LogP contribution in [-0.2, 0) is 7.05 Å². The number of rotatable bonds is 3. The molecule has 7 heteroatoms. The highest BCUT2D eigenvalue weighted by molar-refractivity contribution is 6.31. The summed E-state index contributed by atoms with van der Waals surface area (Å²) in [5.74, 6) is -0.482. The van der Waals surface area contributed by atoms with Gasteiger partial charge in [0.2, 0.25) is 5.78 Å². The molecule has 92 valence electrons. The molecule has 0 bridgehead atoms. The molecule has 1 aromatic heterocycles. The van der Waals surface area contributed by atoms with E-state index in [1.807, 2.05) is 0 Å². The Morgan fingerprint density at radius 3 is 2.72 bits per heavy atom. The topological polar surface area (TPSA) is 78.0 Å². The highest BCUT2D eigenvalue weighted by atomic mass is 35.5. The number of benzene rings is 1. The van der Waals surface area contributed by atoms with Crippen LogP contribution in [-0.4, -0.2) is 20.5 Å². The molecule has 0 spiro atoms. The van der Waals surface area contributed by atoms with Crippen molar-refractivity contribution in [2.45, 2.75) is 0 Å². The SMILES string of the molecule is Cn1nccc1C(=O)c1cc(Cl)ccc1[N+](=O)[O-]. The van der Waals surface area contributed by atoms with Crippen LogP contribution in [0.3, 0.4) is 0 Å². The number of carbonyl (C=O) groups is 1. The molecule has 0 saturated carbocycles. The second-order valence-electron chi connectivity index (χ2n) is 3.59. The molecule has 0 aliphatic carbocycles. The molecule has 0 aliphatic heterocycles. The van der Waals surface area contributed by atoms with Crippen LogP contribution in [0.5, 0.6) is 0 Å². The monoisotopic (exact) mass is 265 g/mol. The van der Waals surface area contributed by atoms with Gasteiger partial charge in [0.05, 0.1) is 4.92 Å². The van der Waals surface area contributed by atoms with E-state index in [1.165, 1.54) is 35.1 Å². The van der Waals surface area contributed by atoms with E-state index in [-0.39, 0.29) is 22.0 Å². The molecule has 1 aromatic carbocycles. The molecule has 0 aliphatic rings. The zero-order valence-corrected chi connectivity index (χ0v) is 10.1. The number of nitro benzene ring substituents is 1. The van der Waals surface area contributed by atoms with Crippen LogP contribution in [0, 0.1) is 10.1 Å². The summed E-state index contributed by atoms with van der Waals surface area (Å²) in [6.45, 7) is 0. The molecule has 2 rings (SSSR count). The lowest BCUT2D eigenvalue weighted by atomic mass is 10.1. The average molecular weight is 266 g/mol. The number of halogens is 1. The molecule has 18 heavy (non-hydrogen) atoms. The van der Waals surface area contributed by atoms with Gasteiger partial charge < -0.3 is 0 Å². The van der Waals surface area contributed by atoms with Crippen LogP contribution in [0.4, 0.5) is 5.69 Å². The average Bonchev–Trinajstić information content (AvgIpc) is 2.74. The highest BCUT2D eigenvalue weighted by Crippen LogP contribution is 2.25. The van der Waals surface area contributed by atoms with Crippen LogP contribution in [0.25, 0.3) is 0 Å². The van der Waals surface area contributed by atoms with Crippen molar-refractivity contribution in [3.05, 3.63) is 56.9 Å². The maximum Gasteiger partial charge on any atom is 0.280 e. The van der Waals surface area contributed by atoms with Gasteiger partial charge in [-0.1, -0.05) is 11.6 Å². The van der Waals surface area contributed by atoms with Crippen LogP contribution in [0.2, 0.25) is 5.02 Å². The predicted octanol–water partition coefficient (Wildman–Crippen LogP) is 2.21. The summed E-state index contributed by atoms with van der Waals surface area (Å²) in [5, 5.41) is 15.0. The third-order valence-electron chi connectivity index (χ3n) is 2.45. The van der Waals surface area contributed by atoms with Gasteiger partial charge >= 0.3 is 0 Å². The Balaban J connectivity index is 2.57. The van der Waals surface area contributed by atoms with Gasteiger partial charge in [-0.2, -0.15) is 5.10 Å². The lowest BCUT2D eigenvalue weighted by Crippen LogP contribution is -2.10. The Labute approximate surface area is 107 Å². The van der Waals surface area contributed by atoms with Crippen molar-refractivity contribution < 1.29 is 9.72 Å². The summed E-state index contributed by atoms with van der Waals surface area (Å²) in [5.41, 5.74) is -0.0536. The number of aryl methyl sites for hydroxylation is 1. The zero-order chi connectivity index (χ0) is 13.3. The number of ketones is 1. The Morgan fingerprint density at radius 1 is 1.44 bits per heavy atom. The Morgan fingerprint density at radius 2 is 2.17 bits per heavy atom. The number of aromatic nitrogens is 2. The largest absolute Gasteiger partial charge is 0.287 e. The molecule has 0 amide bonds. The maximum atomic E-state index is 12.2. The number of nitrogens with zero attached hydrogens (tertiary/aromatic N) is 3. The lowest BCUT2D eigenvalue weighted by molar-refractivity contribution is -0.385. The minimum Gasteiger partial charge on any atom is -0.287 e. The number of hydrogen-bond donors (Lipinski definition) is 0. The first kappa shape index (κ1) is 12.3. The van der Waals surface area contributed by atoms with Crippen LogP contribution in [0.1, 0.15) is 16.1 Å². The summed E-state index contributed by atoms with van der Waals surface area (Å²) >= 11 is 5.77. The lowest BCUT2D eigenvalue weighted by Gasteiger charge is -2.03. The van der Waals surface area contributed by atoms with Crippen molar-refractivity contribution >= 4 is 23.1 Å². The normalized spacial score (nSPS) is 10.3. The highest BCUT2D eigenvalue weighted by Gasteiger charge is 2.23. The summed E-state index contributed by atoms with van der Waals surface area (Å²) < 4.78 is 1.35. The Bertz CT molecular complexity index is 636. The van der Waals surface area contributed by atoms with Gasteiger partial charge in [0, 0.05) is 24.3 Å². The van der Waals surface area contributed by atoms with Crippen molar-refractivity contribution in [1.29, 1.82) is 0 Å².